The molecule has 2 atom stereocenters. The maximum atomic E-state index is 12.6. The van der Waals surface area contributed by atoms with Gasteiger partial charge in [-0.3, -0.25) is 4.90 Å². The second-order valence-electron chi connectivity index (χ2n) is 5.25. The molecule has 2 rings (SSSR count). The lowest BCUT2D eigenvalue weighted by atomic mass is 10.1. The Hall–Kier alpha value is -0.890. The summed E-state index contributed by atoms with van der Waals surface area (Å²) in [5, 5.41) is 0. The predicted molar refractivity (Wildman–Crippen MR) is 74.1 cm³/mol. The molecule has 1 aromatic rings. The summed E-state index contributed by atoms with van der Waals surface area (Å²) in [6.45, 7) is 5.44. The maximum absolute atomic E-state index is 12.6. The van der Waals surface area contributed by atoms with E-state index in [1.165, 1.54) is 6.20 Å². The quantitative estimate of drug-likeness (QED) is 0.831. The Morgan fingerprint density at radius 3 is 2.42 bits per heavy atom. The van der Waals surface area contributed by atoms with Gasteiger partial charge in [-0.05, 0) is 27.0 Å². The number of nitrogens with two attached hydrogens (primary N) is 1. The summed E-state index contributed by atoms with van der Waals surface area (Å²) < 4.78 is 26.7. The van der Waals surface area contributed by atoms with Crippen LogP contribution in [0.25, 0.3) is 0 Å². The Morgan fingerprint density at radius 1 is 1.37 bits per heavy atom. The first-order chi connectivity index (χ1) is 8.86. The molecule has 0 saturated carbocycles. The van der Waals surface area contributed by atoms with Gasteiger partial charge in [0.2, 0.25) is 10.0 Å². The van der Waals surface area contributed by atoms with Crippen molar-refractivity contribution in [3.8, 4) is 0 Å². The number of H-pyrrole nitrogens is 1. The van der Waals surface area contributed by atoms with E-state index in [0.29, 0.717) is 24.5 Å². The third kappa shape index (κ3) is 2.69. The van der Waals surface area contributed by atoms with E-state index < -0.39 is 10.0 Å². The first kappa shape index (κ1) is 14.5. The zero-order valence-electron chi connectivity index (χ0n) is 11.6. The first-order valence-electron chi connectivity index (χ1n) is 6.45. The van der Waals surface area contributed by atoms with Crippen LogP contribution in [0.4, 0.5) is 0 Å². The molecule has 108 valence electrons. The maximum Gasteiger partial charge on any atom is 0.244 e. The van der Waals surface area contributed by atoms with Crippen LogP contribution in [0.1, 0.15) is 19.5 Å². The average Bonchev–Trinajstić information content (AvgIpc) is 2.84. The van der Waals surface area contributed by atoms with Gasteiger partial charge in [0, 0.05) is 43.6 Å². The van der Waals surface area contributed by atoms with Gasteiger partial charge >= 0.3 is 0 Å². The van der Waals surface area contributed by atoms with E-state index in [-0.39, 0.29) is 12.1 Å². The molecule has 0 aliphatic carbocycles. The van der Waals surface area contributed by atoms with E-state index in [1.54, 1.807) is 10.4 Å². The van der Waals surface area contributed by atoms with Gasteiger partial charge in [-0.1, -0.05) is 0 Å². The number of hydrogen-bond donors (Lipinski definition) is 2. The van der Waals surface area contributed by atoms with Gasteiger partial charge in [-0.15, -0.1) is 0 Å². The highest BCUT2D eigenvalue weighted by Gasteiger charge is 2.34. The molecular weight excluding hydrogens is 264 g/mol. The molecule has 3 N–H and O–H groups in total. The van der Waals surface area contributed by atoms with E-state index in [4.69, 9.17) is 5.73 Å². The summed E-state index contributed by atoms with van der Waals surface area (Å²) in [5.74, 6) is 0. The average molecular weight is 286 g/mol. The lowest BCUT2D eigenvalue weighted by molar-refractivity contribution is 0.105. The van der Waals surface area contributed by atoms with Crippen molar-refractivity contribution in [3.05, 3.63) is 18.0 Å². The first-order valence-corrected chi connectivity index (χ1v) is 7.89. The summed E-state index contributed by atoms with van der Waals surface area (Å²) in [6, 6.07) is 2.04. The number of nitrogens with one attached hydrogen (secondary N) is 1. The number of likely N-dealkylation sites (N-methyl/N-ethyl adjacent to an activating group) is 1. The lowest BCUT2D eigenvalue weighted by Gasteiger charge is -2.41. The minimum absolute atomic E-state index is 0.214. The number of rotatable bonds is 3. The molecular formula is C12H22N4O2S. The second-order valence-corrected chi connectivity index (χ2v) is 7.19. The SMILES string of the molecule is CC1CN(S(=O)(=O)c2c[nH]c(CN)c2)CC(C)N1C. The third-order valence-electron chi connectivity index (χ3n) is 3.90. The van der Waals surface area contributed by atoms with Crippen molar-refractivity contribution >= 4 is 10.0 Å². The van der Waals surface area contributed by atoms with E-state index in [1.807, 2.05) is 20.9 Å². The van der Waals surface area contributed by atoms with Gasteiger partial charge in [0.1, 0.15) is 0 Å². The fourth-order valence-corrected chi connectivity index (χ4v) is 4.01. The van der Waals surface area contributed by atoms with Gasteiger partial charge in [0.25, 0.3) is 0 Å². The molecule has 1 aliphatic rings. The molecule has 1 aliphatic heterocycles. The van der Waals surface area contributed by atoms with Crippen LogP contribution in [-0.4, -0.2) is 54.8 Å². The molecule has 1 aromatic heterocycles. The highest BCUT2D eigenvalue weighted by atomic mass is 32.2. The normalized spacial score (nSPS) is 26.7. The molecule has 0 spiro atoms. The van der Waals surface area contributed by atoms with Crippen molar-refractivity contribution in [2.45, 2.75) is 37.4 Å². The molecule has 1 fully saturated rings. The smallest absolute Gasteiger partial charge is 0.244 e. The number of hydrogen-bond acceptors (Lipinski definition) is 4. The monoisotopic (exact) mass is 286 g/mol. The third-order valence-corrected chi connectivity index (χ3v) is 5.71. The Labute approximate surface area is 114 Å². The molecule has 2 unspecified atom stereocenters. The molecule has 0 aromatic carbocycles. The second kappa shape index (κ2) is 5.24. The van der Waals surface area contributed by atoms with E-state index >= 15 is 0 Å². The van der Waals surface area contributed by atoms with Gasteiger partial charge in [-0.2, -0.15) is 4.31 Å². The number of aromatic nitrogens is 1. The standard InChI is InChI=1S/C12H22N4O2S/c1-9-7-16(8-10(2)15(9)3)19(17,18)12-4-11(5-13)14-6-12/h4,6,9-10,14H,5,7-8,13H2,1-3H3. The fourth-order valence-electron chi connectivity index (χ4n) is 2.39. The summed E-state index contributed by atoms with van der Waals surface area (Å²) >= 11 is 0. The summed E-state index contributed by atoms with van der Waals surface area (Å²) in [5.41, 5.74) is 6.23. The zero-order valence-corrected chi connectivity index (χ0v) is 12.4. The molecule has 0 bridgehead atoms. The number of aromatic amines is 1. The van der Waals surface area contributed by atoms with Crippen molar-refractivity contribution < 1.29 is 8.42 Å². The van der Waals surface area contributed by atoms with Crippen LogP contribution in [0, 0.1) is 0 Å². The highest BCUT2D eigenvalue weighted by Crippen LogP contribution is 2.22. The minimum atomic E-state index is -3.42. The van der Waals surface area contributed by atoms with Crippen molar-refractivity contribution in [1.82, 2.24) is 14.2 Å². The van der Waals surface area contributed by atoms with Crippen LogP contribution in [0.15, 0.2) is 17.2 Å². The van der Waals surface area contributed by atoms with Crippen LogP contribution < -0.4 is 5.73 Å². The van der Waals surface area contributed by atoms with Crippen molar-refractivity contribution in [1.29, 1.82) is 0 Å². The van der Waals surface area contributed by atoms with Crippen LogP contribution >= 0.6 is 0 Å². The van der Waals surface area contributed by atoms with Crippen LogP contribution in [0.2, 0.25) is 0 Å². The summed E-state index contributed by atoms with van der Waals surface area (Å²) in [4.78, 5) is 5.40. The van der Waals surface area contributed by atoms with Gasteiger partial charge < -0.3 is 10.7 Å². The lowest BCUT2D eigenvalue weighted by Crippen LogP contribution is -2.56. The fraction of sp³-hybridized carbons (Fsp3) is 0.667. The van der Waals surface area contributed by atoms with Crippen LogP contribution in [-0.2, 0) is 16.6 Å². The zero-order chi connectivity index (χ0) is 14.2. The van der Waals surface area contributed by atoms with E-state index in [9.17, 15) is 8.42 Å². The topological polar surface area (TPSA) is 82.4 Å². The number of piperazine rings is 1. The molecule has 19 heavy (non-hydrogen) atoms. The minimum Gasteiger partial charge on any atom is -0.363 e. The molecule has 7 heteroatoms. The van der Waals surface area contributed by atoms with Gasteiger partial charge in [-0.25, -0.2) is 8.42 Å². The predicted octanol–water partition coefficient (Wildman–Crippen LogP) is 0.187. The van der Waals surface area contributed by atoms with Gasteiger partial charge in [0.05, 0.1) is 4.90 Å². The molecule has 0 radical (unpaired) electrons. The Balaban J connectivity index is 2.25. The van der Waals surface area contributed by atoms with Crippen molar-refractivity contribution in [3.63, 3.8) is 0 Å². The summed E-state index contributed by atoms with van der Waals surface area (Å²) in [7, 11) is -1.39. The Kier molecular flexibility index (Phi) is 4.00. The van der Waals surface area contributed by atoms with Crippen molar-refractivity contribution in [2.24, 2.45) is 5.73 Å². The summed E-state index contributed by atoms with van der Waals surface area (Å²) in [6.07, 6.45) is 1.52. The Morgan fingerprint density at radius 2 is 1.95 bits per heavy atom. The number of nitrogens with zero attached hydrogens (tertiary/aromatic N) is 2. The Bertz CT molecular complexity index is 528. The molecule has 6 nitrogen and oxygen atoms in total. The molecule has 0 amide bonds. The van der Waals surface area contributed by atoms with Crippen LogP contribution in [0.5, 0.6) is 0 Å². The largest absolute Gasteiger partial charge is 0.363 e. The van der Waals surface area contributed by atoms with Crippen molar-refractivity contribution in [2.75, 3.05) is 20.1 Å². The van der Waals surface area contributed by atoms with Crippen LogP contribution in [0.3, 0.4) is 0 Å². The molecule has 1 saturated heterocycles. The molecule has 2 heterocycles. The van der Waals surface area contributed by atoms with E-state index in [2.05, 4.69) is 9.88 Å². The highest BCUT2D eigenvalue weighted by molar-refractivity contribution is 7.89. The van der Waals surface area contributed by atoms with Gasteiger partial charge in [0.15, 0.2) is 0 Å². The number of sulfonamides is 1. The van der Waals surface area contributed by atoms with E-state index in [0.717, 1.165) is 5.69 Å².